The largest absolute Gasteiger partial charge is 0.495 e. The maximum absolute atomic E-state index is 11.4. The van der Waals surface area contributed by atoms with Crippen molar-refractivity contribution < 1.29 is 19.6 Å². The van der Waals surface area contributed by atoms with Gasteiger partial charge in [-0.25, -0.2) is 14.8 Å². The van der Waals surface area contributed by atoms with E-state index in [4.69, 9.17) is 4.74 Å². The standard InChI is InChI=1S/C21H17N5O5/c1-25-11-14(12-5-3-4-6-17(12)25)15-7-8-22-21(23-15)24-16-10-18(26(29)30)13(20(27)28)9-19(16)31-2/h3-11H,1-2H3,(H,27,28)(H,22,23,24). The summed E-state index contributed by atoms with van der Waals surface area (Å²) >= 11 is 0. The number of methoxy groups -OCH3 is 1. The number of fused-ring (bicyclic) bond motifs is 1. The number of aromatic nitrogens is 3. The van der Waals surface area contributed by atoms with E-state index < -0.39 is 22.1 Å². The van der Waals surface area contributed by atoms with Crippen molar-refractivity contribution in [3.05, 3.63) is 70.5 Å². The van der Waals surface area contributed by atoms with E-state index in [0.717, 1.165) is 28.6 Å². The van der Waals surface area contributed by atoms with E-state index in [-0.39, 0.29) is 17.4 Å². The van der Waals surface area contributed by atoms with Crippen molar-refractivity contribution in [1.29, 1.82) is 0 Å². The normalized spacial score (nSPS) is 10.8. The Kier molecular flexibility index (Phi) is 4.96. The number of carbonyl (C=O) groups is 1. The van der Waals surface area contributed by atoms with Gasteiger partial charge in [0.25, 0.3) is 5.69 Å². The Hall–Kier alpha value is -4.47. The van der Waals surface area contributed by atoms with Crippen LogP contribution < -0.4 is 10.1 Å². The Morgan fingerprint density at radius 3 is 2.74 bits per heavy atom. The van der Waals surface area contributed by atoms with Crippen molar-refractivity contribution in [2.24, 2.45) is 7.05 Å². The topological polar surface area (TPSA) is 132 Å². The summed E-state index contributed by atoms with van der Waals surface area (Å²) in [4.78, 5) is 30.7. The predicted octanol–water partition coefficient (Wildman–Crippen LogP) is 3.99. The molecule has 2 N–H and O–H groups in total. The van der Waals surface area contributed by atoms with Crippen LogP contribution >= 0.6 is 0 Å². The van der Waals surface area contributed by atoms with Gasteiger partial charge in [0.15, 0.2) is 0 Å². The minimum atomic E-state index is -1.43. The average Bonchev–Trinajstić information content (AvgIpc) is 3.10. The molecule has 4 rings (SSSR count). The van der Waals surface area contributed by atoms with Crippen LogP contribution in [0.5, 0.6) is 5.75 Å². The maximum Gasteiger partial charge on any atom is 0.342 e. The molecule has 0 aliphatic rings. The number of carboxylic acids is 1. The summed E-state index contributed by atoms with van der Waals surface area (Å²) in [5.41, 5.74) is 1.74. The van der Waals surface area contributed by atoms with Gasteiger partial charge >= 0.3 is 5.97 Å². The number of hydrogen-bond donors (Lipinski definition) is 2. The van der Waals surface area contributed by atoms with Crippen molar-refractivity contribution >= 4 is 34.2 Å². The van der Waals surface area contributed by atoms with Gasteiger partial charge in [-0.15, -0.1) is 0 Å². The number of nitro groups is 1. The van der Waals surface area contributed by atoms with Crippen molar-refractivity contribution in [2.75, 3.05) is 12.4 Å². The highest BCUT2D eigenvalue weighted by Gasteiger charge is 2.24. The Labute approximate surface area is 175 Å². The maximum atomic E-state index is 11.4. The molecule has 4 aromatic rings. The minimum Gasteiger partial charge on any atom is -0.495 e. The lowest BCUT2D eigenvalue weighted by Gasteiger charge is -2.12. The molecule has 10 nitrogen and oxygen atoms in total. The molecule has 0 spiro atoms. The summed E-state index contributed by atoms with van der Waals surface area (Å²) < 4.78 is 7.21. The van der Waals surface area contributed by atoms with E-state index in [1.54, 1.807) is 12.3 Å². The number of hydrogen-bond acceptors (Lipinski definition) is 7. The summed E-state index contributed by atoms with van der Waals surface area (Å²) in [5, 5.41) is 24.5. The van der Waals surface area contributed by atoms with Crippen LogP contribution in [-0.4, -0.2) is 37.6 Å². The molecular weight excluding hydrogens is 402 g/mol. The van der Waals surface area contributed by atoms with Gasteiger partial charge in [0.1, 0.15) is 11.3 Å². The Balaban J connectivity index is 1.77. The fourth-order valence-electron chi connectivity index (χ4n) is 3.39. The van der Waals surface area contributed by atoms with Crippen molar-refractivity contribution in [2.45, 2.75) is 0 Å². The second kappa shape index (κ2) is 7.75. The highest BCUT2D eigenvalue weighted by atomic mass is 16.6. The van der Waals surface area contributed by atoms with Crippen LogP contribution in [0.3, 0.4) is 0 Å². The van der Waals surface area contributed by atoms with Crippen LogP contribution in [0.15, 0.2) is 54.9 Å². The van der Waals surface area contributed by atoms with Gasteiger partial charge in [0, 0.05) is 48.0 Å². The number of carboxylic acid groups (broad SMARTS) is 1. The third-order valence-electron chi connectivity index (χ3n) is 4.82. The van der Waals surface area contributed by atoms with E-state index in [0.29, 0.717) is 5.69 Å². The van der Waals surface area contributed by atoms with Crippen LogP contribution in [0.4, 0.5) is 17.3 Å². The van der Waals surface area contributed by atoms with E-state index in [9.17, 15) is 20.0 Å². The van der Waals surface area contributed by atoms with Gasteiger partial charge in [-0.2, -0.15) is 0 Å². The zero-order valence-corrected chi connectivity index (χ0v) is 16.6. The molecule has 31 heavy (non-hydrogen) atoms. The number of ether oxygens (including phenoxy) is 1. The van der Waals surface area contributed by atoms with Crippen LogP contribution in [0, 0.1) is 10.1 Å². The molecule has 0 atom stereocenters. The summed E-state index contributed by atoms with van der Waals surface area (Å²) in [6, 6.07) is 11.9. The smallest absolute Gasteiger partial charge is 0.342 e. The molecule has 2 aromatic heterocycles. The first-order valence-corrected chi connectivity index (χ1v) is 9.13. The summed E-state index contributed by atoms with van der Waals surface area (Å²) in [6.07, 6.45) is 3.53. The quantitative estimate of drug-likeness (QED) is 0.354. The Morgan fingerprint density at radius 2 is 2.03 bits per heavy atom. The van der Waals surface area contributed by atoms with Crippen molar-refractivity contribution in [3.63, 3.8) is 0 Å². The van der Waals surface area contributed by atoms with Gasteiger partial charge in [0.2, 0.25) is 5.95 Å². The second-order valence-electron chi connectivity index (χ2n) is 6.69. The van der Waals surface area contributed by atoms with Gasteiger partial charge in [0.05, 0.1) is 23.4 Å². The van der Waals surface area contributed by atoms with Crippen LogP contribution in [0.1, 0.15) is 10.4 Å². The SMILES string of the molecule is COc1cc(C(=O)O)c([N+](=O)[O-])cc1Nc1nccc(-c2cn(C)c3ccccc23)n1. The molecule has 2 heterocycles. The number of nitrogens with one attached hydrogen (secondary N) is 1. The zero-order chi connectivity index (χ0) is 22.1. The lowest BCUT2D eigenvalue weighted by atomic mass is 10.1. The Bertz CT molecular complexity index is 1330. The van der Waals surface area contributed by atoms with Gasteiger partial charge in [-0.3, -0.25) is 10.1 Å². The van der Waals surface area contributed by atoms with Gasteiger partial charge < -0.3 is 19.7 Å². The number of anilines is 2. The third-order valence-corrected chi connectivity index (χ3v) is 4.82. The molecule has 0 saturated carbocycles. The Morgan fingerprint density at radius 1 is 1.26 bits per heavy atom. The second-order valence-corrected chi connectivity index (χ2v) is 6.69. The molecule has 156 valence electrons. The number of rotatable bonds is 6. The highest BCUT2D eigenvalue weighted by Crippen LogP contribution is 2.35. The first kappa shape index (κ1) is 19.8. The minimum absolute atomic E-state index is 0.113. The molecular formula is C21H17N5O5. The summed E-state index contributed by atoms with van der Waals surface area (Å²) in [7, 11) is 3.28. The van der Waals surface area contributed by atoms with E-state index >= 15 is 0 Å². The molecule has 0 aliphatic carbocycles. The van der Waals surface area contributed by atoms with E-state index in [1.165, 1.54) is 7.11 Å². The number of nitro benzene ring substituents is 1. The van der Waals surface area contributed by atoms with E-state index in [2.05, 4.69) is 15.3 Å². The van der Waals surface area contributed by atoms with Gasteiger partial charge in [-0.05, 0) is 12.1 Å². The fraction of sp³-hybridized carbons (Fsp3) is 0.0952. The zero-order valence-electron chi connectivity index (χ0n) is 16.6. The van der Waals surface area contributed by atoms with Crippen LogP contribution in [-0.2, 0) is 7.05 Å². The highest BCUT2D eigenvalue weighted by molar-refractivity contribution is 5.96. The first-order chi connectivity index (χ1) is 14.9. The van der Waals surface area contributed by atoms with Crippen molar-refractivity contribution in [1.82, 2.24) is 14.5 Å². The summed E-state index contributed by atoms with van der Waals surface area (Å²) in [5.74, 6) is -1.13. The van der Waals surface area contributed by atoms with Gasteiger partial charge in [-0.1, -0.05) is 18.2 Å². The number of para-hydroxylation sites is 1. The molecule has 2 aromatic carbocycles. The molecule has 0 bridgehead atoms. The molecule has 0 aliphatic heterocycles. The lowest BCUT2D eigenvalue weighted by molar-refractivity contribution is -0.385. The molecule has 0 radical (unpaired) electrons. The molecule has 0 amide bonds. The monoisotopic (exact) mass is 419 g/mol. The molecule has 0 saturated heterocycles. The van der Waals surface area contributed by atoms with Crippen LogP contribution in [0.25, 0.3) is 22.2 Å². The number of aromatic carboxylic acids is 1. The first-order valence-electron chi connectivity index (χ1n) is 9.13. The molecule has 0 unspecified atom stereocenters. The fourth-order valence-corrected chi connectivity index (χ4v) is 3.39. The van der Waals surface area contributed by atoms with E-state index in [1.807, 2.05) is 42.1 Å². The summed E-state index contributed by atoms with van der Waals surface area (Å²) in [6.45, 7) is 0. The molecule has 10 heteroatoms. The van der Waals surface area contributed by atoms with Crippen molar-refractivity contribution in [3.8, 4) is 17.0 Å². The number of nitrogens with zero attached hydrogens (tertiary/aromatic N) is 4. The number of aryl methyl sites for hydroxylation is 1. The third kappa shape index (κ3) is 3.62. The number of benzene rings is 2. The van der Waals surface area contributed by atoms with Crippen LogP contribution in [0.2, 0.25) is 0 Å². The lowest BCUT2D eigenvalue weighted by Crippen LogP contribution is -2.06. The predicted molar refractivity (Wildman–Crippen MR) is 114 cm³/mol. The average molecular weight is 419 g/mol. The molecule has 0 fully saturated rings.